The number of imidazole rings is 1. The van der Waals surface area contributed by atoms with Crippen molar-refractivity contribution in [1.82, 2.24) is 19.5 Å². The van der Waals surface area contributed by atoms with E-state index in [-0.39, 0.29) is 5.91 Å². The van der Waals surface area contributed by atoms with Crippen LogP contribution in [0.5, 0.6) is 0 Å². The predicted molar refractivity (Wildman–Crippen MR) is 88.9 cm³/mol. The standard InChI is InChI=1S/C16H11N5OS/c22-15(14-7-11-3-1-2-4-13(11)23-14)20-12-8-18-16(19-9-12)21-6-5-17-10-21/h1-10H,(H,20,22). The molecule has 3 aromatic heterocycles. The number of hydrogen-bond acceptors (Lipinski definition) is 5. The number of hydrogen-bond donors (Lipinski definition) is 1. The first-order valence-corrected chi connectivity index (χ1v) is 7.71. The lowest BCUT2D eigenvalue weighted by Gasteiger charge is -2.04. The molecule has 0 fully saturated rings. The van der Waals surface area contributed by atoms with Crippen LogP contribution in [0.4, 0.5) is 5.69 Å². The zero-order chi connectivity index (χ0) is 15.6. The molecular weight excluding hydrogens is 310 g/mol. The monoisotopic (exact) mass is 321 g/mol. The molecule has 0 spiro atoms. The maximum absolute atomic E-state index is 12.3. The summed E-state index contributed by atoms with van der Waals surface area (Å²) in [5.41, 5.74) is 0.552. The second-order valence-electron chi connectivity index (χ2n) is 4.84. The molecule has 0 atom stereocenters. The van der Waals surface area contributed by atoms with Crippen LogP contribution in [0.1, 0.15) is 9.67 Å². The van der Waals surface area contributed by atoms with Crippen molar-refractivity contribution in [3.8, 4) is 5.95 Å². The van der Waals surface area contributed by atoms with Gasteiger partial charge in [-0.25, -0.2) is 15.0 Å². The zero-order valence-corrected chi connectivity index (χ0v) is 12.7. The molecule has 6 nitrogen and oxygen atoms in total. The molecule has 0 bridgehead atoms. The fourth-order valence-electron chi connectivity index (χ4n) is 2.18. The summed E-state index contributed by atoms with van der Waals surface area (Å²) in [6, 6.07) is 9.80. The summed E-state index contributed by atoms with van der Waals surface area (Å²) in [6.07, 6.45) is 8.18. The van der Waals surface area contributed by atoms with E-state index in [0.29, 0.717) is 16.5 Å². The molecule has 1 N–H and O–H groups in total. The van der Waals surface area contributed by atoms with Crippen LogP contribution in [0, 0.1) is 0 Å². The highest BCUT2D eigenvalue weighted by Gasteiger charge is 2.11. The molecule has 0 saturated carbocycles. The number of nitrogens with one attached hydrogen (secondary N) is 1. The van der Waals surface area contributed by atoms with Crippen LogP contribution in [-0.2, 0) is 0 Å². The Hall–Kier alpha value is -3.06. The first-order chi connectivity index (χ1) is 11.3. The lowest BCUT2D eigenvalue weighted by molar-refractivity contribution is 0.103. The number of anilines is 1. The molecule has 1 amide bonds. The van der Waals surface area contributed by atoms with Gasteiger partial charge in [0, 0.05) is 17.1 Å². The van der Waals surface area contributed by atoms with Gasteiger partial charge in [0.1, 0.15) is 6.33 Å². The highest BCUT2D eigenvalue weighted by molar-refractivity contribution is 7.20. The fourth-order valence-corrected chi connectivity index (χ4v) is 3.14. The second-order valence-corrected chi connectivity index (χ2v) is 5.93. The number of benzene rings is 1. The topological polar surface area (TPSA) is 72.7 Å². The number of rotatable bonds is 3. The van der Waals surface area contributed by atoms with E-state index in [4.69, 9.17) is 0 Å². The Kier molecular flexibility index (Phi) is 3.32. The van der Waals surface area contributed by atoms with Crippen molar-refractivity contribution in [3.05, 3.63) is 66.3 Å². The van der Waals surface area contributed by atoms with Crippen LogP contribution in [0.15, 0.2) is 61.4 Å². The van der Waals surface area contributed by atoms with Gasteiger partial charge < -0.3 is 5.32 Å². The molecule has 0 aliphatic heterocycles. The van der Waals surface area contributed by atoms with E-state index >= 15 is 0 Å². The van der Waals surface area contributed by atoms with Crippen LogP contribution in [0.2, 0.25) is 0 Å². The summed E-state index contributed by atoms with van der Waals surface area (Å²) in [6.45, 7) is 0. The molecule has 3 heterocycles. The van der Waals surface area contributed by atoms with Gasteiger partial charge in [-0.2, -0.15) is 0 Å². The van der Waals surface area contributed by atoms with Crippen LogP contribution < -0.4 is 5.32 Å². The van der Waals surface area contributed by atoms with Gasteiger partial charge in [0.05, 0.1) is 23.0 Å². The lowest BCUT2D eigenvalue weighted by Crippen LogP contribution is -2.11. The number of amides is 1. The quantitative estimate of drug-likeness (QED) is 0.629. The third-order valence-corrected chi connectivity index (χ3v) is 4.40. The van der Waals surface area contributed by atoms with Crippen LogP contribution in [-0.4, -0.2) is 25.4 Å². The van der Waals surface area contributed by atoms with Crippen molar-refractivity contribution in [3.63, 3.8) is 0 Å². The molecule has 7 heteroatoms. The molecule has 112 valence electrons. The van der Waals surface area contributed by atoms with E-state index in [1.807, 2.05) is 30.3 Å². The molecule has 1 aromatic carbocycles. The van der Waals surface area contributed by atoms with E-state index in [1.165, 1.54) is 11.3 Å². The Bertz CT molecular complexity index is 927. The molecule has 0 radical (unpaired) electrons. The zero-order valence-electron chi connectivity index (χ0n) is 11.9. The third-order valence-electron chi connectivity index (χ3n) is 3.28. The van der Waals surface area contributed by atoms with Gasteiger partial charge in [-0.15, -0.1) is 11.3 Å². The first-order valence-electron chi connectivity index (χ1n) is 6.90. The summed E-state index contributed by atoms with van der Waals surface area (Å²) in [7, 11) is 0. The van der Waals surface area contributed by atoms with Crippen molar-refractivity contribution < 1.29 is 4.79 Å². The largest absolute Gasteiger partial charge is 0.319 e. The first kappa shape index (κ1) is 13.6. The van der Waals surface area contributed by atoms with Crippen molar-refractivity contribution >= 4 is 33.0 Å². The fraction of sp³-hybridized carbons (Fsp3) is 0. The van der Waals surface area contributed by atoms with Gasteiger partial charge in [-0.1, -0.05) is 18.2 Å². The third kappa shape index (κ3) is 2.69. The van der Waals surface area contributed by atoms with Gasteiger partial charge in [0.15, 0.2) is 0 Å². The van der Waals surface area contributed by atoms with E-state index in [2.05, 4.69) is 20.3 Å². The number of carbonyl (C=O) groups excluding carboxylic acids is 1. The summed E-state index contributed by atoms with van der Waals surface area (Å²) in [4.78, 5) is 25.3. The van der Waals surface area contributed by atoms with Gasteiger partial charge >= 0.3 is 0 Å². The Labute approximate surface area is 135 Å². The Morgan fingerprint density at radius 3 is 2.74 bits per heavy atom. The number of aromatic nitrogens is 4. The van der Waals surface area contributed by atoms with Crippen LogP contribution in [0.3, 0.4) is 0 Å². The molecule has 23 heavy (non-hydrogen) atoms. The summed E-state index contributed by atoms with van der Waals surface area (Å²) in [5, 5.41) is 3.88. The molecule has 0 saturated heterocycles. The molecule has 4 aromatic rings. The molecular formula is C16H11N5OS. The summed E-state index contributed by atoms with van der Waals surface area (Å²) < 4.78 is 2.78. The molecule has 0 aliphatic carbocycles. The van der Waals surface area contributed by atoms with Crippen molar-refractivity contribution in [1.29, 1.82) is 0 Å². The maximum Gasteiger partial charge on any atom is 0.265 e. The summed E-state index contributed by atoms with van der Waals surface area (Å²) >= 11 is 1.46. The minimum Gasteiger partial charge on any atom is -0.319 e. The van der Waals surface area contributed by atoms with Gasteiger partial charge in [0.2, 0.25) is 5.95 Å². The van der Waals surface area contributed by atoms with E-state index < -0.39 is 0 Å². The van der Waals surface area contributed by atoms with E-state index in [1.54, 1.807) is 35.7 Å². The molecule has 0 unspecified atom stereocenters. The Morgan fingerprint density at radius 2 is 2.00 bits per heavy atom. The highest BCUT2D eigenvalue weighted by Crippen LogP contribution is 2.25. The average molecular weight is 321 g/mol. The van der Waals surface area contributed by atoms with Gasteiger partial charge in [-0.05, 0) is 17.5 Å². The maximum atomic E-state index is 12.3. The second kappa shape index (κ2) is 5.62. The SMILES string of the molecule is O=C(Nc1cnc(-n2ccnc2)nc1)c1cc2ccccc2s1. The van der Waals surface area contributed by atoms with Crippen LogP contribution >= 0.6 is 11.3 Å². The summed E-state index contributed by atoms with van der Waals surface area (Å²) in [5.74, 6) is 0.340. The van der Waals surface area contributed by atoms with E-state index in [9.17, 15) is 4.79 Å². The Balaban J connectivity index is 1.54. The van der Waals surface area contributed by atoms with Crippen molar-refractivity contribution in [2.75, 3.05) is 5.32 Å². The normalized spacial score (nSPS) is 10.8. The number of thiophene rings is 1. The average Bonchev–Trinajstić information content (AvgIpc) is 3.25. The van der Waals surface area contributed by atoms with Crippen molar-refractivity contribution in [2.45, 2.75) is 0 Å². The minimum atomic E-state index is -0.162. The highest BCUT2D eigenvalue weighted by atomic mass is 32.1. The minimum absolute atomic E-state index is 0.162. The predicted octanol–water partition coefficient (Wildman–Crippen LogP) is 3.13. The lowest BCUT2D eigenvalue weighted by atomic mass is 10.2. The van der Waals surface area contributed by atoms with Crippen LogP contribution in [0.25, 0.3) is 16.0 Å². The number of nitrogens with zero attached hydrogens (tertiary/aromatic N) is 4. The smallest absolute Gasteiger partial charge is 0.265 e. The van der Waals surface area contributed by atoms with Crippen molar-refractivity contribution in [2.24, 2.45) is 0 Å². The number of fused-ring (bicyclic) bond motifs is 1. The molecule has 0 aliphatic rings. The Morgan fingerprint density at radius 1 is 1.17 bits per heavy atom. The van der Waals surface area contributed by atoms with Gasteiger partial charge in [0.25, 0.3) is 5.91 Å². The molecule has 4 rings (SSSR count). The number of carbonyl (C=O) groups is 1. The van der Waals surface area contributed by atoms with E-state index in [0.717, 1.165) is 10.1 Å². The van der Waals surface area contributed by atoms with Gasteiger partial charge in [-0.3, -0.25) is 9.36 Å².